The third kappa shape index (κ3) is 4.85. The number of ether oxygens (including phenoxy) is 2. The van der Waals surface area contributed by atoms with Crippen molar-refractivity contribution < 1.29 is 19.1 Å². The summed E-state index contributed by atoms with van der Waals surface area (Å²) in [4.78, 5) is 13.9. The minimum Gasteiger partial charge on any atom is -0.496 e. The number of rotatable bonds is 8. The largest absolute Gasteiger partial charge is 0.496 e. The van der Waals surface area contributed by atoms with E-state index in [2.05, 4.69) is 4.98 Å². The normalized spacial score (nSPS) is 11.9. The summed E-state index contributed by atoms with van der Waals surface area (Å²) in [6, 6.07) is 14.9. The van der Waals surface area contributed by atoms with Crippen LogP contribution in [0, 0.1) is 0 Å². The van der Waals surface area contributed by atoms with Crippen LogP contribution in [0.5, 0.6) is 17.4 Å². The lowest BCUT2D eigenvalue weighted by atomic mass is 10.1. The van der Waals surface area contributed by atoms with Crippen molar-refractivity contribution in [3.63, 3.8) is 0 Å². The SMILES string of the molecule is COc1ccccc1C(COc1ccc(Cc2sc(=O)[nH]c2O)cc1)SO. The predicted molar refractivity (Wildman–Crippen MR) is 107 cm³/mol. The zero-order chi connectivity index (χ0) is 19.2. The van der Waals surface area contributed by atoms with Crippen molar-refractivity contribution >= 4 is 23.4 Å². The highest BCUT2D eigenvalue weighted by atomic mass is 32.2. The number of para-hydroxylation sites is 1. The predicted octanol–water partition coefficient (Wildman–Crippen LogP) is 4.07. The van der Waals surface area contributed by atoms with Gasteiger partial charge in [0, 0.05) is 12.0 Å². The first kappa shape index (κ1) is 19.3. The number of hydrogen-bond acceptors (Lipinski definition) is 7. The topological polar surface area (TPSA) is 91.8 Å². The van der Waals surface area contributed by atoms with Gasteiger partial charge in [0.05, 0.1) is 17.2 Å². The summed E-state index contributed by atoms with van der Waals surface area (Å²) < 4.78 is 20.8. The second kappa shape index (κ2) is 8.98. The maximum absolute atomic E-state index is 11.2. The molecule has 1 heterocycles. The molecule has 27 heavy (non-hydrogen) atoms. The Morgan fingerprint density at radius 1 is 1.19 bits per heavy atom. The van der Waals surface area contributed by atoms with Gasteiger partial charge >= 0.3 is 4.87 Å². The Balaban J connectivity index is 1.64. The van der Waals surface area contributed by atoms with Gasteiger partial charge < -0.3 is 19.1 Å². The Hall–Kier alpha value is -2.42. The van der Waals surface area contributed by atoms with E-state index < -0.39 is 0 Å². The van der Waals surface area contributed by atoms with Crippen LogP contribution in [-0.4, -0.2) is 28.4 Å². The lowest BCUT2D eigenvalue weighted by molar-refractivity contribution is 0.312. The van der Waals surface area contributed by atoms with Gasteiger partial charge in [-0.15, -0.1) is 0 Å². The van der Waals surface area contributed by atoms with Crippen molar-refractivity contribution in [3.8, 4) is 17.4 Å². The van der Waals surface area contributed by atoms with Gasteiger partial charge in [0.1, 0.15) is 18.1 Å². The molecule has 0 aliphatic heterocycles. The number of nitrogens with one attached hydrogen (secondary N) is 1. The van der Waals surface area contributed by atoms with E-state index in [-0.39, 0.29) is 22.6 Å². The molecule has 8 heteroatoms. The van der Waals surface area contributed by atoms with Crippen molar-refractivity contribution in [2.24, 2.45) is 0 Å². The molecule has 1 atom stereocenters. The molecule has 0 spiro atoms. The molecule has 2 aromatic carbocycles. The lowest BCUT2D eigenvalue weighted by Gasteiger charge is -2.17. The average molecular weight is 405 g/mol. The van der Waals surface area contributed by atoms with Crippen LogP contribution in [0.1, 0.15) is 21.3 Å². The molecule has 6 nitrogen and oxygen atoms in total. The average Bonchev–Trinajstić information content (AvgIpc) is 3.00. The molecule has 0 aliphatic rings. The highest BCUT2D eigenvalue weighted by molar-refractivity contribution is 7.94. The van der Waals surface area contributed by atoms with E-state index in [4.69, 9.17) is 9.47 Å². The second-order valence-corrected chi connectivity index (χ2v) is 7.60. The summed E-state index contributed by atoms with van der Waals surface area (Å²) in [5, 5.41) is 9.38. The number of H-pyrrole nitrogens is 1. The fraction of sp³-hybridized carbons (Fsp3) is 0.211. The molecular weight excluding hydrogens is 386 g/mol. The number of aromatic amines is 1. The standard InChI is InChI=1S/C19H19NO5S2/c1-24-15-5-3-2-4-14(15)17(27-23)11-25-13-8-6-12(7-9-13)10-16-18(21)20-19(22)26-16/h2-9,17,21,23H,10-11H2,1H3,(H,20,22). The molecule has 0 radical (unpaired) electrons. The first-order valence-electron chi connectivity index (χ1n) is 8.16. The number of hydrogen-bond donors (Lipinski definition) is 3. The third-order valence-corrected chi connectivity index (χ3v) is 5.52. The van der Waals surface area contributed by atoms with E-state index in [9.17, 15) is 14.5 Å². The Labute approximate surface area is 164 Å². The highest BCUT2D eigenvalue weighted by Gasteiger charge is 2.17. The third-order valence-electron chi connectivity index (χ3n) is 4.00. The van der Waals surface area contributed by atoms with E-state index in [1.807, 2.05) is 48.5 Å². The maximum Gasteiger partial charge on any atom is 0.307 e. The van der Waals surface area contributed by atoms with Gasteiger partial charge in [0.2, 0.25) is 5.88 Å². The Morgan fingerprint density at radius 2 is 1.93 bits per heavy atom. The number of benzene rings is 2. The van der Waals surface area contributed by atoms with Crippen molar-refractivity contribution in [2.45, 2.75) is 11.7 Å². The summed E-state index contributed by atoms with van der Waals surface area (Å²) >= 11 is 1.71. The van der Waals surface area contributed by atoms with Gasteiger partial charge in [-0.25, -0.2) is 0 Å². The van der Waals surface area contributed by atoms with Gasteiger partial charge in [-0.3, -0.25) is 9.78 Å². The van der Waals surface area contributed by atoms with Gasteiger partial charge in [-0.2, -0.15) is 0 Å². The molecule has 0 fully saturated rings. The van der Waals surface area contributed by atoms with Crippen LogP contribution in [-0.2, 0) is 6.42 Å². The summed E-state index contributed by atoms with van der Waals surface area (Å²) in [7, 11) is 1.59. The smallest absolute Gasteiger partial charge is 0.307 e. The van der Waals surface area contributed by atoms with Crippen LogP contribution < -0.4 is 14.3 Å². The van der Waals surface area contributed by atoms with Crippen LogP contribution >= 0.6 is 23.4 Å². The number of aromatic nitrogens is 1. The summed E-state index contributed by atoms with van der Waals surface area (Å²) in [5.74, 6) is 1.29. The molecule has 3 N–H and O–H groups in total. The minimum absolute atomic E-state index is 0.0788. The van der Waals surface area contributed by atoms with Crippen LogP contribution in [0.2, 0.25) is 0 Å². The highest BCUT2D eigenvalue weighted by Crippen LogP contribution is 2.33. The van der Waals surface area contributed by atoms with Crippen LogP contribution in [0.4, 0.5) is 0 Å². The molecule has 0 amide bonds. The molecule has 0 saturated carbocycles. The first-order chi connectivity index (χ1) is 13.1. The number of methoxy groups -OCH3 is 1. The van der Waals surface area contributed by atoms with Crippen LogP contribution in [0.15, 0.2) is 53.3 Å². The Kier molecular flexibility index (Phi) is 6.44. The van der Waals surface area contributed by atoms with Crippen molar-refractivity contribution in [1.82, 2.24) is 4.98 Å². The minimum atomic E-state index is -0.282. The summed E-state index contributed by atoms with van der Waals surface area (Å²) in [5.41, 5.74) is 1.81. The van der Waals surface area contributed by atoms with Gasteiger partial charge in [0.15, 0.2) is 0 Å². The molecule has 142 valence electrons. The molecule has 1 unspecified atom stereocenters. The molecule has 3 rings (SSSR count). The summed E-state index contributed by atoms with van der Waals surface area (Å²) in [6.45, 7) is 0.279. The van der Waals surface area contributed by atoms with E-state index >= 15 is 0 Å². The molecule has 1 aromatic heterocycles. The zero-order valence-electron chi connectivity index (χ0n) is 14.5. The van der Waals surface area contributed by atoms with Crippen molar-refractivity contribution in [1.29, 1.82) is 0 Å². The number of thiazole rings is 1. The molecular formula is C19H19NO5S2. The molecule has 0 aliphatic carbocycles. The van der Waals surface area contributed by atoms with Gasteiger partial charge in [-0.05, 0) is 35.8 Å². The van der Waals surface area contributed by atoms with Crippen LogP contribution in [0.3, 0.4) is 0 Å². The number of aromatic hydroxyl groups is 1. The fourth-order valence-corrected chi connectivity index (χ4v) is 3.84. The molecule has 0 saturated heterocycles. The first-order valence-corrected chi connectivity index (χ1v) is 9.82. The van der Waals surface area contributed by atoms with E-state index in [1.165, 1.54) is 0 Å². The molecule has 3 aromatic rings. The summed E-state index contributed by atoms with van der Waals surface area (Å²) in [6.07, 6.45) is 0.464. The van der Waals surface area contributed by atoms with Crippen molar-refractivity contribution in [2.75, 3.05) is 13.7 Å². The molecule has 0 bridgehead atoms. The van der Waals surface area contributed by atoms with Crippen LogP contribution in [0.25, 0.3) is 0 Å². The second-order valence-electron chi connectivity index (χ2n) is 5.75. The van der Waals surface area contributed by atoms with Gasteiger partial charge in [0.25, 0.3) is 0 Å². The van der Waals surface area contributed by atoms with E-state index in [0.717, 1.165) is 22.5 Å². The monoisotopic (exact) mass is 405 g/mol. The zero-order valence-corrected chi connectivity index (χ0v) is 16.2. The lowest BCUT2D eigenvalue weighted by Crippen LogP contribution is -2.08. The fourth-order valence-electron chi connectivity index (χ4n) is 2.64. The Bertz CT molecular complexity index is 936. The van der Waals surface area contributed by atoms with E-state index in [0.29, 0.717) is 34.8 Å². The quantitative estimate of drug-likeness (QED) is 0.490. The van der Waals surface area contributed by atoms with E-state index in [1.54, 1.807) is 7.11 Å². The van der Waals surface area contributed by atoms with Crippen molar-refractivity contribution in [3.05, 3.63) is 74.2 Å². The Morgan fingerprint density at radius 3 is 2.56 bits per heavy atom. The maximum atomic E-state index is 11.2. The van der Waals surface area contributed by atoms with Gasteiger partial charge in [-0.1, -0.05) is 41.7 Å².